The second-order valence-corrected chi connectivity index (χ2v) is 4.73. The molecule has 2 aromatic rings. The number of hydrogen-bond donors (Lipinski definition) is 2. The molecule has 1 aliphatic heterocycles. The maximum atomic E-state index is 12.2. The van der Waals surface area contributed by atoms with Gasteiger partial charge in [-0.05, 0) is 18.2 Å². The van der Waals surface area contributed by atoms with E-state index in [1.807, 2.05) is 6.07 Å². The number of carbonyl (C=O) groups excluding carboxylic acids is 1. The summed E-state index contributed by atoms with van der Waals surface area (Å²) in [6, 6.07) is 5.36. The van der Waals surface area contributed by atoms with Crippen LogP contribution in [0.25, 0.3) is 11.0 Å². The van der Waals surface area contributed by atoms with Crippen molar-refractivity contribution in [2.75, 3.05) is 26.2 Å². The molecule has 1 fully saturated rings. The van der Waals surface area contributed by atoms with Crippen molar-refractivity contribution in [1.29, 1.82) is 0 Å². The minimum Gasteiger partial charge on any atom is -0.334 e. The van der Waals surface area contributed by atoms with Crippen LogP contribution in [0.3, 0.4) is 0 Å². The number of rotatable bonds is 1. The Hall–Kier alpha value is -1.59. The number of imidazole rings is 1. The molecule has 94 valence electrons. The first-order valence-corrected chi connectivity index (χ1v) is 6.27. The van der Waals surface area contributed by atoms with Crippen molar-refractivity contribution in [1.82, 2.24) is 20.2 Å². The molecule has 1 aromatic heterocycles. The Bertz CT molecular complexity index is 589. The van der Waals surface area contributed by atoms with Gasteiger partial charge in [-0.25, -0.2) is 4.98 Å². The number of benzene rings is 1. The zero-order chi connectivity index (χ0) is 12.5. The van der Waals surface area contributed by atoms with Crippen LogP contribution in [0, 0.1) is 0 Å². The molecule has 2 N–H and O–H groups in total. The van der Waals surface area contributed by atoms with Gasteiger partial charge in [0.05, 0.1) is 11.0 Å². The number of aromatic nitrogens is 2. The average molecular weight is 265 g/mol. The molecule has 0 aliphatic carbocycles. The fraction of sp³-hybridized carbons (Fsp3) is 0.333. The predicted molar refractivity (Wildman–Crippen MR) is 69.9 cm³/mol. The molecular weight excluding hydrogens is 252 g/mol. The highest BCUT2D eigenvalue weighted by atomic mass is 35.5. The molecule has 18 heavy (non-hydrogen) atoms. The number of hydrogen-bond acceptors (Lipinski definition) is 3. The largest absolute Gasteiger partial charge is 0.334 e. The quantitative estimate of drug-likeness (QED) is 0.815. The lowest BCUT2D eigenvalue weighted by Gasteiger charge is -2.26. The summed E-state index contributed by atoms with van der Waals surface area (Å²) in [6.45, 7) is 3.10. The first kappa shape index (κ1) is 11.5. The third kappa shape index (κ3) is 2.07. The van der Waals surface area contributed by atoms with Crippen LogP contribution in [0.2, 0.25) is 5.02 Å². The lowest BCUT2D eigenvalue weighted by Crippen LogP contribution is -2.46. The standard InChI is InChI=1S/C12H13ClN4O/c13-8-1-2-9-10(7-8)16-11(15-9)12(18)17-5-3-14-4-6-17/h1-2,7,14H,3-6H2,(H,15,16). The monoisotopic (exact) mass is 264 g/mol. The van der Waals surface area contributed by atoms with Crippen molar-refractivity contribution in [3.8, 4) is 0 Å². The third-order valence-electron chi connectivity index (χ3n) is 3.05. The summed E-state index contributed by atoms with van der Waals surface area (Å²) in [7, 11) is 0. The van der Waals surface area contributed by atoms with E-state index in [-0.39, 0.29) is 5.91 Å². The SMILES string of the molecule is O=C(c1nc2cc(Cl)ccc2[nH]1)N1CCNCC1. The van der Waals surface area contributed by atoms with Gasteiger partial charge in [-0.2, -0.15) is 0 Å². The van der Waals surface area contributed by atoms with Crippen molar-refractivity contribution >= 4 is 28.5 Å². The van der Waals surface area contributed by atoms with Gasteiger partial charge in [-0.15, -0.1) is 0 Å². The zero-order valence-corrected chi connectivity index (χ0v) is 10.5. The number of halogens is 1. The molecule has 0 atom stereocenters. The summed E-state index contributed by atoms with van der Waals surface area (Å²) < 4.78 is 0. The van der Waals surface area contributed by atoms with Gasteiger partial charge in [-0.3, -0.25) is 4.79 Å². The van der Waals surface area contributed by atoms with Gasteiger partial charge in [0.1, 0.15) is 0 Å². The molecule has 1 aliphatic rings. The summed E-state index contributed by atoms with van der Waals surface area (Å²) >= 11 is 5.90. The van der Waals surface area contributed by atoms with Crippen molar-refractivity contribution in [2.24, 2.45) is 0 Å². The molecule has 2 heterocycles. The Kier molecular flexibility index (Phi) is 2.93. The number of nitrogens with one attached hydrogen (secondary N) is 2. The Morgan fingerprint density at radius 1 is 1.33 bits per heavy atom. The van der Waals surface area contributed by atoms with Crippen LogP contribution in [-0.2, 0) is 0 Å². The lowest BCUT2D eigenvalue weighted by atomic mass is 10.3. The average Bonchev–Trinajstić information content (AvgIpc) is 2.81. The van der Waals surface area contributed by atoms with E-state index in [1.54, 1.807) is 17.0 Å². The van der Waals surface area contributed by atoms with Crippen molar-refractivity contribution in [2.45, 2.75) is 0 Å². The molecule has 0 bridgehead atoms. The molecule has 0 spiro atoms. The normalized spacial score (nSPS) is 16.2. The van der Waals surface area contributed by atoms with Gasteiger partial charge in [0, 0.05) is 31.2 Å². The number of piperazine rings is 1. The van der Waals surface area contributed by atoms with Crippen molar-refractivity contribution < 1.29 is 4.79 Å². The topological polar surface area (TPSA) is 61.0 Å². The number of carbonyl (C=O) groups is 1. The number of fused-ring (bicyclic) bond motifs is 1. The molecule has 1 amide bonds. The molecule has 6 heteroatoms. The molecule has 1 saturated heterocycles. The molecule has 0 radical (unpaired) electrons. The Morgan fingerprint density at radius 2 is 2.11 bits per heavy atom. The van der Waals surface area contributed by atoms with Gasteiger partial charge >= 0.3 is 0 Å². The Morgan fingerprint density at radius 3 is 2.89 bits per heavy atom. The van der Waals surface area contributed by atoms with E-state index < -0.39 is 0 Å². The summed E-state index contributed by atoms with van der Waals surface area (Å²) in [5, 5.41) is 3.83. The highest BCUT2D eigenvalue weighted by Gasteiger charge is 2.20. The van der Waals surface area contributed by atoms with Crippen molar-refractivity contribution in [3.63, 3.8) is 0 Å². The number of nitrogens with zero attached hydrogens (tertiary/aromatic N) is 2. The van der Waals surface area contributed by atoms with Crippen molar-refractivity contribution in [3.05, 3.63) is 29.0 Å². The molecule has 0 saturated carbocycles. The molecular formula is C12H13ClN4O. The van der Waals surface area contributed by atoms with E-state index >= 15 is 0 Å². The molecule has 3 rings (SSSR count). The fourth-order valence-electron chi connectivity index (χ4n) is 2.10. The van der Waals surface area contributed by atoms with E-state index in [2.05, 4.69) is 15.3 Å². The summed E-state index contributed by atoms with van der Waals surface area (Å²) in [5.41, 5.74) is 1.55. The minimum atomic E-state index is -0.0520. The summed E-state index contributed by atoms with van der Waals surface area (Å²) in [4.78, 5) is 21.4. The Balaban J connectivity index is 1.91. The van der Waals surface area contributed by atoms with Crippen LogP contribution in [-0.4, -0.2) is 47.0 Å². The highest BCUT2D eigenvalue weighted by Crippen LogP contribution is 2.17. The fourth-order valence-corrected chi connectivity index (χ4v) is 2.26. The van der Waals surface area contributed by atoms with Gasteiger partial charge in [0.25, 0.3) is 5.91 Å². The first-order valence-electron chi connectivity index (χ1n) is 5.89. The highest BCUT2D eigenvalue weighted by molar-refractivity contribution is 6.31. The van der Waals surface area contributed by atoms with Gasteiger partial charge in [-0.1, -0.05) is 11.6 Å². The second-order valence-electron chi connectivity index (χ2n) is 4.29. The Labute approximate surface area is 109 Å². The predicted octanol–water partition coefficient (Wildman–Crippen LogP) is 1.26. The summed E-state index contributed by atoms with van der Waals surface area (Å²) in [5.74, 6) is 0.331. The lowest BCUT2D eigenvalue weighted by molar-refractivity contribution is 0.0725. The second kappa shape index (κ2) is 4.59. The maximum Gasteiger partial charge on any atom is 0.289 e. The number of aromatic amines is 1. The smallest absolute Gasteiger partial charge is 0.289 e. The van der Waals surface area contributed by atoms with E-state index in [0.717, 1.165) is 37.2 Å². The summed E-state index contributed by atoms with van der Waals surface area (Å²) in [6.07, 6.45) is 0. The first-order chi connectivity index (χ1) is 8.74. The number of H-pyrrole nitrogens is 1. The third-order valence-corrected chi connectivity index (χ3v) is 3.29. The van der Waals surface area contributed by atoms with E-state index in [0.29, 0.717) is 10.8 Å². The van der Waals surface area contributed by atoms with E-state index in [9.17, 15) is 4.79 Å². The van der Waals surface area contributed by atoms with Gasteiger partial charge in [0.2, 0.25) is 0 Å². The van der Waals surface area contributed by atoms with Crippen LogP contribution >= 0.6 is 11.6 Å². The van der Waals surface area contributed by atoms with Crippen LogP contribution in [0.15, 0.2) is 18.2 Å². The van der Waals surface area contributed by atoms with Gasteiger partial charge in [0.15, 0.2) is 5.82 Å². The zero-order valence-electron chi connectivity index (χ0n) is 9.74. The molecule has 5 nitrogen and oxygen atoms in total. The number of amides is 1. The van der Waals surface area contributed by atoms with E-state index in [1.165, 1.54) is 0 Å². The van der Waals surface area contributed by atoms with Gasteiger partial charge < -0.3 is 15.2 Å². The maximum absolute atomic E-state index is 12.2. The van der Waals surface area contributed by atoms with E-state index in [4.69, 9.17) is 11.6 Å². The molecule has 0 unspecified atom stereocenters. The van der Waals surface area contributed by atoms with Crippen LogP contribution < -0.4 is 5.32 Å². The van der Waals surface area contributed by atoms with Crippen LogP contribution in [0.5, 0.6) is 0 Å². The van der Waals surface area contributed by atoms with Crippen LogP contribution in [0.4, 0.5) is 0 Å². The van der Waals surface area contributed by atoms with Crippen LogP contribution in [0.1, 0.15) is 10.6 Å². The molecule has 1 aromatic carbocycles. The minimum absolute atomic E-state index is 0.0520.